The minimum atomic E-state index is -0.287. The van der Waals surface area contributed by atoms with Gasteiger partial charge in [-0.25, -0.2) is 5.43 Å². The molecule has 1 saturated heterocycles. The molecule has 0 aliphatic carbocycles. The molecule has 8 heteroatoms. The Bertz CT molecular complexity index is 832. The molecular weight excluding hydrogens is 426 g/mol. The fraction of sp³-hybridized carbons (Fsp3) is 0.250. The SMILES string of the molecule is O=C(N/N=C\c1ccc(OCC(=O)N2CCOCC2)cc1)c1ccc(Br)cc1. The highest BCUT2D eigenvalue weighted by molar-refractivity contribution is 9.10. The van der Waals surface area contributed by atoms with Crippen LogP contribution in [-0.4, -0.2) is 55.8 Å². The summed E-state index contributed by atoms with van der Waals surface area (Å²) in [6.45, 7) is 2.33. The highest BCUT2D eigenvalue weighted by atomic mass is 79.9. The fourth-order valence-corrected chi connectivity index (χ4v) is 2.79. The Hall–Kier alpha value is -2.71. The molecule has 1 heterocycles. The summed E-state index contributed by atoms with van der Waals surface area (Å²) in [6.07, 6.45) is 1.54. The van der Waals surface area contributed by atoms with Gasteiger partial charge in [0.1, 0.15) is 5.75 Å². The van der Waals surface area contributed by atoms with Crippen LogP contribution in [0.5, 0.6) is 5.75 Å². The third-order valence-electron chi connectivity index (χ3n) is 4.09. The van der Waals surface area contributed by atoms with Gasteiger partial charge < -0.3 is 14.4 Å². The second kappa shape index (κ2) is 10.0. The van der Waals surface area contributed by atoms with E-state index in [1.165, 1.54) is 0 Å². The van der Waals surface area contributed by atoms with Crippen molar-refractivity contribution < 1.29 is 19.1 Å². The summed E-state index contributed by atoms with van der Waals surface area (Å²) < 4.78 is 11.7. The first-order valence-electron chi connectivity index (χ1n) is 8.79. The zero-order chi connectivity index (χ0) is 19.8. The highest BCUT2D eigenvalue weighted by Gasteiger charge is 2.17. The first-order valence-corrected chi connectivity index (χ1v) is 9.58. The number of benzene rings is 2. The number of carbonyl (C=O) groups is 2. The molecule has 0 aromatic heterocycles. The van der Waals surface area contributed by atoms with Crippen LogP contribution in [0.3, 0.4) is 0 Å². The van der Waals surface area contributed by atoms with E-state index in [0.717, 1.165) is 10.0 Å². The second-order valence-corrected chi connectivity index (χ2v) is 6.97. The summed E-state index contributed by atoms with van der Waals surface area (Å²) in [7, 11) is 0. The van der Waals surface area contributed by atoms with Crippen LogP contribution >= 0.6 is 15.9 Å². The van der Waals surface area contributed by atoms with Crippen molar-refractivity contribution in [2.75, 3.05) is 32.9 Å². The molecule has 0 radical (unpaired) electrons. The van der Waals surface area contributed by atoms with Crippen molar-refractivity contribution in [1.29, 1.82) is 0 Å². The van der Waals surface area contributed by atoms with Crippen molar-refractivity contribution in [3.05, 3.63) is 64.1 Å². The molecule has 7 nitrogen and oxygen atoms in total. The van der Waals surface area contributed by atoms with Gasteiger partial charge in [0.15, 0.2) is 6.61 Å². The van der Waals surface area contributed by atoms with E-state index >= 15 is 0 Å². The largest absolute Gasteiger partial charge is 0.484 e. The van der Waals surface area contributed by atoms with Crippen molar-refractivity contribution in [1.82, 2.24) is 10.3 Å². The maximum atomic E-state index is 12.1. The van der Waals surface area contributed by atoms with Crippen molar-refractivity contribution in [3.8, 4) is 5.75 Å². The predicted octanol–water partition coefficient (Wildman–Crippen LogP) is 2.45. The van der Waals surface area contributed by atoms with Gasteiger partial charge in [0, 0.05) is 23.1 Å². The van der Waals surface area contributed by atoms with E-state index in [1.807, 2.05) is 0 Å². The van der Waals surface area contributed by atoms with Crippen LogP contribution in [-0.2, 0) is 9.53 Å². The number of halogens is 1. The third-order valence-corrected chi connectivity index (χ3v) is 4.62. The Morgan fingerprint density at radius 2 is 1.79 bits per heavy atom. The molecule has 2 aromatic rings. The lowest BCUT2D eigenvalue weighted by molar-refractivity contribution is -0.137. The Morgan fingerprint density at radius 3 is 2.46 bits per heavy atom. The first-order chi connectivity index (χ1) is 13.6. The topological polar surface area (TPSA) is 80.2 Å². The van der Waals surface area contributed by atoms with Crippen LogP contribution in [0.1, 0.15) is 15.9 Å². The van der Waals surface area contributed by atoms with Crippen molar-refractivity contribution in [3.63, 3.8) is 0 Å². The van der Waals surface area contributed by atoms with E-state index in [9.17, 15) is 9.59 Å². The number of rotatable bonds is 6. The van der Waals surface area contributed by atoms with Gasteiger partial charge in [0.2, 0.25) is 0 Å². The van der Waals surface area contributed by atoms with E-state index in [2.05, 4.69) is 26.5 Å². The number of morpholine rings is 1. The lowest BCUT2D eigenvalue weighted by atomic mass is 10.2. The summed E-state index contributed by atoms with van der Waals surface area (Å²) >= 11 is 3.33. The third kappa shape index (κ3) is 5.90. The number of hydrazone groups is 1. The van der Waals surface area contributed by atoms with Gasteiger partial charge in [-0.1, -0.05) is 15.9 Å². The second-order valence-electron chi connectivity index (χ2n) is 6.06. The smallest absolute Gasteiger partial charge is 0.271 e. The Morgan fingerprint density at radius 1 is 1.11 bits per heavy atom. The Labute approximate surface area is 171 Å². The molecule has 1 aliphatic heterocycles. The Kier molecular flexibility index (Phi) is 7.16. The number of carbonyl (C=O) groups excluding carboxylic acids is 2. The summed E-state index contributed by atoms with van der Waals surface area (Å²) in [5.74, 6) is 0.257. The van der Waals surface area contributed by atoms with E-state index in [-0.39, 0.29) is 18.4 Å². The number of nitrogens with zero attached hydrogens (tertiary/aromatic N) is 2. The fourth-order valence-electron chi connectivity index (χ4n) is 2.53. The van der Waals surface area contributed by atoms with Crippen molar-refractivity contribution in [2.45, 2.75) is 0 Å². The van der Waals surface area contributed by atoms with E-state index in [1.54, 1.807) is 59.6 Å². The van der Waals surface area contributed by atoms with Gasteiger partial charge >= 0.3 is 0 Å². The maximum absolute atomic E-state index is 12.1. The average Bonchev–Trinajstić information content (AvgIpc) is 2.74. The summed E-state index contributed by atoms with van der Waals surface area (Å²) in [5.41, 5.74) is 3.80. The normalized spacial score (nSPS) is 14.1. The van der Waals surface area contributed by atoms with Crippen LogP contribution in [0.4, 0.5) is 0 Å². The number of hydrogen-bond donors (Lipinski definition) is 1. The van der Waals surface area contributed by atoms with E-state index in [4.69, 9.17) is 9.47 Å². The quantitative estimate of drug-likeness (QED) is 0.546. The predicted molar refractivity (Wildman–Crippen MR) is 109 cm³/mol. The molecule has 1 aliphatic rings. The molecular formula is C20H20BrN3O4. The molecule has 28 heavy (non-hydrogen) atoms. The first kappa shape index (κ1) is 20.0. The molecule has 2 aromatic carbocycles. The lowest BCUT2D eigenvalue weighted by Gasteiger charge is -2.26. The summed E-state index contributed by atoms with van der Waals surface area (Å²) in [4.78, 5) is 25.8. The number of hydrogen-bond acceptors (Lipinski definition) is 5. The minimum Gasteiger partial charge on any atom is -0.484 e. The van der Waals surface area contributed by atoms with Gasteiger partial charge in [0.25, 0.3) is 11.8 Å². The molecule has 1 N–H and O–H groups in total. The van der Waals surface area contributed by atoms with Crippen LogP contribution in [0, 0.1) is 0 Å². The van der Waals surface area contributed by atoms with Crippen LogP contribution in [0.2, 0.25) is 0 Å². The molecule has 0 spiro atoms. The van der Waals surface area contributed by atoms with Crippen LogP contribution < -0.4 is 10.2 Å². The zero-order valence-corrected chi connectivity index (χ0v) is 16.7. The minimum absolute atomic E-state index is 0.00329. The van der Waals surface area contributed by atoms with Gasteiger partial charge in [-0.2, -0.15) is 5.10 Å². The van der Waals surface area contributed by atoms with Crippen molar-refractivity contribution in [2.24, 2.45) is 5.10 Å². The maximum Gasteiger partial charge on any atom is 0.271 e. The number of amides is 2. The zero-order valence-electron chi connectivity index (χ0n) is 15.1. The van der Waals surface area contributed by atoms with Gasteiger partial charge in [0.05, 0.1) is 19.4 Å². The summed E-state index contributed by atoms with van der Waals surface area (Å²) in [5, 5.41) is 3.96. The van der Waals surface area contributed by atoms with Gasteiger partial charge in [-0.3, -0.25) is 9.59 Å². The molecule has 2 amide bonds. The van der Waals surface area contributed by atoms with Gasteiger partial charge in [-0.15, -0.1) is 0 Å². The molecule has 0 unspecified atom stereocenters. The van der Waals surface area contributed by atoms with Gasteiger partial charge in [-0.05, 0) is 54.1 Å². The molecule has 1 fully saturated rings. The summed E-state index contributed by atoms with van der Waals surface area (Å²) in [6, 6.07) is 14.1. The lowest BCUT2D eigenvalue weighted by Crippen LogP contribution is -2.42. The molecule has 0 atom stereocenters. The van der Waals surface area contributed by atoms with E-state index < -0.39 is 0 Å². The van der Waals surface area contributed by atoms with E-state index in [0.29, 0.717) is 37.6 Å². The number of nitrogens with one attached hydrogen (secondary N) is 1. The molecule has 3 rings (SSSR count). The monoisotopic (exact) mass is 445 g/mol. The number of ether oxygens (including phenoxy) is 2. The molecule has 0 bridgehead atoms. The molecule has 0 saturated carbocycles. The standard InChI is InChI=1S/C20H20BrN3O4/c21-17-5-3-16(4-6-17)20(26)23-22-13-15-1-7-18(8-2-15)28-14-19(25)24-9-11-27-12-10-24/h1-8,13H,9-12,14H2,(H,23,26)/b22-13-. The van der Waals surface area contributed by atoms with Crippen LogP contribution in [0.25, 0.3) is 0 Å². The average molecular weight is 446 g/mol. The van der Waals surface area contributed by atoms with Crippen LogP contribution in [0.15, 0.2) is 58.1 Å². The molecule has 146 valence electrons. The Balaban J connectivity index is 1.45. The highest BCUT2D eigenvalue weighted by Crippen LogP contribution is 2.12. The van der Waals surface area contributed by atoms with Crippen molar-refractivity contribution >= 4 is 34.0 Å².